The molecule has 0 aliphatic heterocycles. The lowest BCUT2D eigenvalue weighted by Gasteiger charge is -2.24. The van der Waals surface area contributed by atoms with Crippen LogP contribution in [0.25, 0.3) is 5.65 Å². The highest BCUT2D eigenvalue weighted by Crippen LogP contribution is 2.28. The summed E-state index contributed by atoms with van der Waals surface area (Å²) in [5, 5.41) is 20.6. The van der Waals surface area contributed by atoms with Crippen LogP contribution in [0.5, 0.6) is 5.88 Å². The average molecular weight is 429 g/mol. The lowest BCUT2D eigenvalue weighted by Crippen LogP contribution is -2.38. The van der Waals surface area contributed by atoms with E-state index >= 15 is 0 Å². The van der Waals surface area contributed by atoms with Crippen molar-refractivity contribution in [3.8, 4) is 5.88 Å². The van der Waals surface area contributed by atoms with Crippen molar-refractivity contribution in [3.63, 3.8) is 0 Å². The molecule has 0 fully saturated rings. The van der Waals surface area contributed by atoms with Gasteiger partial charge >= 0.3 is 0 Å². The molecule has 13 heteroatoms. The minimum Gasteiger partial charge on any atom is -0.499 e. The minimum atomic E-state index is -1.92. The van der Waals surface area contributed by atoms with Crippen LogP contribution >= 0.6 is 0 Å². The predicted molar refractivity (Wildman–Crippen MR) is 124 cm³/mol. The molecule has 0 aromatic carbocycles. The van der Waals surface area contributed by atoms with Gasteiger partial charge in [0.15, 0.2) is 5.65 Å². The molecule has 6 radical (unpaired) electrons. The van der Waals surface area contributed by atoms with Crippen molar-refractivity contribution in [1.29, 1.82) is 0 Å². The SMILES string of the molecule is [B]C([B])([B])Oc1ncccc1Nc1cc(NC)n2ncc(C(=O)NCC(C)(C)CO)c2n1. The molecule has 32 heavy (non-hydrogen) atoms. The summed E-state index contributed by atoms with van der Waals surface area (Å²) in [6.45, 7) is 3.90. The van der Waals surface area contributed by atoms with Crippen LogP contribution in [0, 0.1) is 5.41 Å². The van der Waals surface area contributed by atoms with E-state index < -0.39 is 10.7 Å². The molecule has 4 N–H and O–H groups in total. The van der Waals surface area contributed by atoms with Gasteiger partial charge in [0.25, 0.3) is 5.91 Å². The maximum absolute atomic E-state index is 12.8. The van der Waals surface area contributed by atoms with Crippen LogP contribution in [-0.4, -0.2) is 79.6 Å². The standard InChI is InChI=1S/C19H22B3N7O3/c1-18(2,10-30)9-25-16(31)11-8-26-29-14(23-3)7-13(28-15(11)29)27-12-5-4-6-24-17(12)32-19(20,21)22/h4-8,23,30H,9-10H2,1-3H3,(H,25,31)(H,27,28). The summed E-state index contributed by atoms with van der Waals surface area (Å²) < 4.78 is 6.79. The fourth-order valence-electron chi connectivity index (χ4n) is 2.71. The third-order valence-electron chi connectivity index (χ3n) is 4.44. The number of nitrogens with zero attached hydrogens (tertiary/aromatic N) is 4. The lowest BCUT2D eigenvalue weighted by molar-refractivity contribution is 0.0912. The van der Waals surface area contributed by atoms with Crippen LogP contribution in [0.3, 0.4) is 0 Å². The molecule has 160 valence electrons. The Hall–Kier alpha value is -3.21. The van der Waals surface area contributed by atoms with Gasteiger partial charge in [-0.05, 0) is 17.4 Å². The Balaban J connectivity index is 1.95. The van der Waals surface area contributed by atoms with Crippen molar-refractivity contribution < 1.29 is 14.6 Å². The molecule has 0 saturated carbocycles. The maximum atomic E-state index is 12.8. The Morgan fingerprint density at radius 1 is 1.31 bits per heavy atom. The van der Waals surface area contributed by atoms with E-state index in [1.165, 1.54) is 16.9 Å². The van der Waals surface area contributed by atoms with E-state index in [-0.39, 0.29) is 30.5 Å². The van der Waals surface area contributed by atoms with Gasteiger partial charge < -0.3 is 25.8 Å². The molecule has 0 saturated heterocycles. The quantitative estimate of drug-likeness (QED) is 0.355. The van der Waals surface area contributed by atoms with Crippen molar-refractivity contribution in [3.05, 3.63) is 36.2 Å². The number of carbonyl (C=O) groups is 1. The van der Waals surface area contributed by atoms with Crippen molar-refractivity contribution in [2.45, 2.75) is 19.1 Å². The zero-order chi connectivity index (χ0) is 23.5. The molecule has 0 bridgehead atoms. The van der Waals surface area contributed by atoms with Gasteiger partial charge in [0.1, 0.15) is 46.4 Å². The Bertz CT molecular complexity index is 1120. The summed E-state index contributed by atoms with van der Waals surface area (Å²) in [6, 6.07) is 5.05. The number of carbonyl (C=O) groups excluding carboxylic acids is 1. The highest BCUT2D eigenvalue weighted by atomic mass is 16.5. The molecular weight excluding hydrogens is 407 g/mol. The Kier molecular flexibility index (Phi) is 6.68. The van der Waals surface area contributed by atoms with E-state index in [2.05, 4.69) is 31.0 Å². The van der Waals surface area contributed by atoms with Crippen LogP contribution in [0.1, 0.15) is 24.2 Å². The minimum absolute atomic E-state index is 0.0660. The third kappa shape index (κ3) is 5.53. The number of amides is 1. The van der Waals surface area contributed by atoms with E-state index in [1.54, 1.807) is 25.2 Å². The van der Waals surface area contributed by atoms with Crippen LogP contribution in [0.2, 0.25) is 0 Å². The van der Waals surface area contributed by atoms with Gasteiger partial charge in [-0.15, -0.1) is 0 Å². The second-order valence-corrected chi connectivity index (χ2v) is 8.01. The number of rotatable bonds is 9. The summed E-state index contributed by atoms with van der Waals surface area (Å²) in [5.74, 6) is 0.661. The largest absolute Gasteiger partial charge is 0.499 e. The first-order valence-corrected chi connectivity index (χ1v) is 9.76. The molecule has 3 aromatic rings. The summed E-state index contributed by atoms with van der Waals surface area (Å²) in [5.41, 5.74) is 0.533. The van der Waals surface area contributed by atoms with Gasteiger partial charge in [-0.1, -0.05) is 13.8 Å². The summed E-state index contributed by atoms with van der Waals surface area (Å²) in [7, 11) is 18.3. The summed E-state index contributed by atoms with van der Waals surface area (Å²) >= 11 is 0. The zero-order valence-corrected chi connectivity index (χ0v) is 18.1. The number of pyridine rings is 1. The summed E-state index contributed by atoms with van der Waals surface area (Å²) in [4.78, 5) is 21.4. The topological polar surface area (TPSA) is 126 Å². The fraction of sp³-hybridized carbons (Fsp3) is 0.368. The fourth-order valence-corrected chi connectivity index (χ4v) is 2.71. The monoisotopic (exact) mass is 429 g/mol. The van der Waals surface area contributed by atoms with E-state index in [0.717, 1.165) is 0 Å². The highest BCUT2D eigenvalue weighted by Gasteiger charge is 2.22. The normalized spacial score (nSPS) is 11.9. The molecule has 0 atom stereocenters. The number of anilines is 3. The van der Waals surface area contributed by atoms with Gasteiger partial charge in [-0.25, -0.2) is 9.97 Å². The van der Waals surface area contributed by atoms with Crippen molar-refractivity contribution in [2.75, 3.05) is 30.8 Å². The van der Waals surface area contributed by atoms with Gasteiger partial charge in [0.2, 0.25) is 5.88 Å². The Labute approximate surface area is 189 Å². The second-order valence-electron chi connectivity index (χ2n) is 8.01. The number of ether oxygens (including phenoxy) is 1. The molecule has 1 amide bonds. The first-order chi connectivity index (χ1) is 15.0. The number of hydrogen-bond acceptors (Lipinski definition) is 8. The molecule has 0 spiro atoms. The van der Waals surface area contributed by atoms with E-state index in [1.807, 2.05) is 13.8 Å². The van der Waals surface area contributed by atoms with Gasteiger partial charge in [-0.3, -0.25) is 4.79 Å². The predicted octanol–water partition coefficient (Wildman–Crippen LogP) is 0.153. The summed E-state index contributed by atoms with van der Waals surface area (Å²) in [6.07, 6.45) is 2.92. The van der Waals surface area contributed by atoms with Crippen molar-refractivity contribution in [2.24, 2.45) is 5.41 Å². The molecule has 0 aliphatic carbocycles. The van der Waals surface area contributed by atoms with Crippen LogP contribution in [0.4, 0.5) is 17.3 Å². The van der Waals surface area contributed by atoms with Gasteiger partial charge in [0, 0.05) is 37.9 Å². The number of aromatic nitrogens is 4. The smallest absolute Gasteiger partial charge is 0.256 e. The van der Waals surface area contributed by atoms with Crippen LogP contribution in [0.15, 0.2) is 30.6 Å². The van der Waals surface area contributed by atoms with Gasteiger partial charge in [-0.2, -0.15) is 9.61 Å². The second kappa shape index (κ2) is 9.11. The van der Waals surface area contributed by atoms with E-state index in [9.17, 15) is 9.90 Å². The number of hydrogen-bond donors (Lipinski definition) is 4. The molecule has 10 nitrogen and oxygen atoms in total. The Morgan fingerprint density at radius 3 is 2.72 bits per heavy atom. The maximum Gasteiger partial charge on any atom is 0.256 e. The van der Waals surface area contributed by atoms with Crippen LogP contribution in [-0.2, 0) is 0 Å². The molecule has 0 aliphatic rings. The van der Waals surface area contributed by atoms with Gasteiger partial charge in [0.05, 0.1) is 6.20 Å². The third-order valence-corrected chi connectivity index (χ3v) is 4.44. The molecule has 3 rings (SSSR count). The number of aliphatic hydroxyl groups is 1. The van der Waals surface area contributed by atoms with Crippen molar-refractivity contribution >= 4 is 52.4 Å². The van der Waals surface area contributed by atoms with E-state index in [0.29, 0.717) is 23.0 Å². The molecular formula is C19H22B3N7O3. The first kappa shape index (κ1) is 23.5. The first-order valence-electron chi connectivity index (χ1n) is 9.76. The zero-order valence-electron chi connectivity index (χ0n) is 18.1. The molecule has 0 unspecified atom stereocenters. The molecule has 3 aromatic heterocycles. The number of nitrogens with one attached hydrogen (secondary N) is 3. The molecule has 3 heterocycles. The number of aliphatic hydroxyl groups excluding tert-OH is 1. The highest BCUT2D eigenvalue weighted by molar-refractivity contribution is 6.58. The van der Waals surface area contributed by atoms with Crippen LogP contribution < -0.4 is 20.7 Å². The lowest BCUT2D eigenvalue weighted by atomic mass is 9.52. The van der Waals surface area contributed by atoms with E-state index in [4.69, 9.17) is 28.3 Å². The number of fused-ring (bicyclic) bond motifs is 1. The Morgan fingerprint density at radius 2 is 2.06 bits per heavy atom. The average Bonchev–Trinajstić information content (AvgIpc) is 3.16. The van der Waals surface area contributed by atoms with Crippen molar-refractivity contribution in [1.82, 2.24) is 24.9 Å².